The van der Waals surface area contributed by atoms with Gasteiger partial charge in [-0.2, -0.15) is 0 Å². The third-order valence-corrected chi connectivity index (χ3v) is 7.36. The van der Waals surface area contributed by atoms with Crippen LogP contribution < -0.4 is 15.2 Å². The van der Waals surface area contributed by atoms with E-state index in [0.717, 1.165) is 35.5 Å². The number of benzene rings is 1. The number of ether oxygens (including phenoxy) is 2. The lowest BCUT2D eigenvalue weighted by Crippen LogP contribution is -2.11. The molecule has 0 radical (unpaired) electrons. The summed E-state index contributed by atoms with van der Waals surface area (Å²) in [6, 6.07) is 3.81. The molecule has 0 bridgehead atoms. The second-order valence-electron chi connectivity index (χ2n) is 10.8. The molecule has 1 aromatic rings. The monoisotopic (exact) mass is 513 g/mol. The Hall–Kier alpha value is -2.04. The van der Waals surface area contributed by atoms with Crippen molar-refractivity contribution < 1.29 is 9.47 Å². The van der Waals surface area contributed by atoms with Crippen LogP contribution in [0.25, 0.3) is 0 Å². The Bertz CT molecular complexity index is 790. The van der Waals surface area contributed by atoms with Crippen molar-refractivity contribution in [2.75, 3.05) is 13.2 Å². The normalized spacial score (nSPS) is 12.6. The average Bonchev–Trinajstić information content (AvgIpc) is 3.17. The molecule has 210 valence electrons. The fourth-order valence-corrected chi connectivity index (χ4v) is 4.98. The van der Waals surface area contributed by atoms with Gasteiger partial charge in [0, 0.05) is 11.1 Å². The third-order valence-electron chi connectivity index (χ3n) is 7.36. The van der Waals surface area contributed by atoms with Gasteiger partial charge >= 0.3 is 0 Å². The number of hydrogen-bond donors (Lipinski definition) is 2. The van der Waals surface area contributed by atoms with Crippen molar-refractivity contribution in [3.63, 3.8) is 0 Å². The molecule has 2 rings (SSSR count). The van der Waals surface area contributed by atoms with Gasteiger partial charge in [-0.1, -0.05) is 129 Å². The molecule has 0 aliphatic carbocycles. The lowest BCUT2D eigenvalue weighted by atomic mass is 10.1. The van der Waals surface area contributed by atoms with Crippen LogP contribution in [-0.4, -0.2) is 24.9 Å². The summed E-state index contributed by atoms with van der Waals surface area (Å²) in [6.07, 6.45) is 26.1. The van der Waals surface area contributed by atoms with E-state index in [1.807, 2.05) is 12.1 Å². The van der Waals surface area contributed by atoms with Gasteiger partial charge < -0.3 is 15.2 Å². The molecule has 1 aliphatic rings. The molecule has 0 unspecified atom stereocenters. The molecule has 37 heavy (non-hydrogen) atoms. The molecule has 0 amide bonds. The fourth-order valence-electron chi connectivity index (χ4n) is 4.98. The fraction of sp³-hybridized carbons (Fsp3) is 0.750. The van der Waals surface area contributed by atoms with E-state index < -0.39 is 0 Å². The lowest BCUT2D eigenvalue weighted by molar-refractivity contribution is 0.258. The minimum absolute atomic E-state index is 0.206. The second kappa shape index (κ2) is 20.0. The van der Waals surface area contributed by atoms with E-state index in [0.29, 0.717) is 19.0 Å². The summed E-state index contributed by atoms with van der Waals surface area (Å²) in [7, 11) is 0. The van der Waals surface area contributed by atoms with Crippen LogP contribution >= 0.6 is 0 Å². The zero-order valence-electron chi connectivity index (χ0n) is 24.1. The zero-order chi connectivity index (χ0) is 26.6. The summed E-state index contributed by atoms with van der Waals surface area (Å²) in [5.41, 5.74) is 7.57. The van der Waals surface area contributed by atoms with Crippen molar-refractivity contribution in [1.82, 2.24) is 0 Å². The number of hydrogen-bond acceptors (Lipinski definition) is 4. The largest absolute Gasteiger partial charge is 0.490 e. The van der Waals surface area contributed by atoms with Crippen LogP contribution in [0.3, 0.4) is 0 Å². The van der Waals surface area contributed by atoms with Crippen LogP contribution in [0.2, 0.25) is 0 Å². The highest BCUT2D eigenvalue weighted by Gasteiger charge is 2.22. The zero-order valence-corrected chi connectivity index (χ0v) is 24.1. The first kappa shape index (κ1) is 31.2. The van der Waals surface area contributed by atoms with Gasteiger partial charge in [0.1, 0.15) is 5.84 Å². The molecule has 1 aliphatic heterocycles. The van der Waals surface area contributed by atoms with Gasteiger partial charge in [0.25, 0.3) is 0 Å². The van der Waals surface area contributed by atoms with Crippen molar-refractivity contribution in [1.29, 1.82) is 5.41 Å². The highest BCUT2D eigenvalue weighted by atomic mass is 16.5. The van der Waals surface area contributed by atoms with E-state index >= 15 is 0 Å². The first-order chi connectivity index (χ1) is 18.2. The minimum atomic E-state index is 0.206. The van der Waals surface area contributed by atoms with Gasteiger partial charge in [-0.3, -0.25) is 5.41 Å². The average molecular weight is 514 g/mol. The molecule has 0 saturated heterocycles. The number of nitrogens with zero attached hydrogens (tertiary/aromatic N) is 1. The molecule has 1 aromatic carbocycles. The summed E-state index contributed by atoms with van der Waals surface area (Å²) >= 11 is 0. The molecule has 0 aromatic heterocycles. The Balaban J connectivity index is 1.68. The van der Waals surface area contributed by atoms with Crippen molar-refractivity contribution in [3.05, 3.63) is 23.3 Å². The van der Waals surface area contributed by atoms with Crippen molar-refractivity contribution in [2.45, 2.75) is 142 Å². The molecule has 0 spiro atoms. The van der Waals surface area contributed by atoms with Gasteiger partial charge in [0.2, 0.25) is 0 Å². The van der Waals surface area contributed by atoms with Crippen molar-refractivity contribution in [3.8, 4) is 11.5 Å². The van der Waals surface area contributed by atoms with Gasteiger partial charge in [0.15, 0.2) is 17.3 Å². The van der Waals surface area contributed by atoms with E-state index in [1.165, 1.54) is 116 Å². The van der Waals surface area contributed by atoms with Crippen LogP contribution in [0.15, 0.2) is 17.1 Å². The Labute approximate surface area is 227 Å². The first-order valence-corrected chi connectivity index (χ1v) is 15.5. The molecule has 0 fully saturated rings. The summed E-state index contributed by atoms with van der Waals surface area (Å²) < 4.78 is 12.3. The molecule has 1 heterocycles. The van der Waals surface area contributed by atoms with Crippen LogP contribution in [0.1, 0.15) is 153 Å². The number of rotatable bonds is 24. The number of fused-ring (bicyclic) bond motifs is 1. The predicted molar refractivity (Wildman–Crippen MR) is 159 cm³/mol. The predicted octanol–water partition coefficient (Wildman–Crippen LogP) is 9.33. The van der Waals surface area contributed by atoms with E-state index in [-0.39, 0.29) is 5.84 Å². The first-order valence-electron chi connectivity index (χ1n) is 15.5. The van der Waals surface area contributed by atoms with Crippen molar-refractivity contribution in [2.24, 2.45) is 10.7 Å². The van der Waals surface area contributed by atoms with E-state index in [2.05, 4.69) is 18.8 Å². The summed E-state index contributed by atoms with van der Waals surface area (Å²) in [5.74, 6) is 2.05. The van der Waals surface area contributed by atoms with Crippen LogP contribution in [0, 0.1) is 5.41 Å². The quantitative estimate of drug-likeness (QED) is 0.135. The summed E-state index contributed by atoms with van der Waals surface area (Å²) in [6.45, 7) is 5.89. The number of aliphatic imine (C=N–C) groups is 1. The number of unbranched alkanes of at least 4 members (excludes halogenated alkanes) is 18. The molecule has 5 nitrogen and oxygen atoms in total. The maximum absolute atomic E-state index is 8.12. The number of nitrogens with two attached hydrogens (primary N) is 1. The maximum Gasteiger partial charge on any atom is 0.161 e. The number of amidine groups is 2. The van der Waals surface area contributed by atoms with Gasteiger partial charge in [-0.15, -0.1) is 0 Å². The molecule has 0 saturated carbocycles. The molecular weight excluding hydrogens is 458 g/mol. The van der Waals surface area contributed by atoms with E-state index in [4.69, 9.17) is 20.6 Å². The Kier molecular flexibility index (Phi) is 16.8. The third kappa shape index (κ3) is 12.8. The SMILES string of the molecule is CCCCCCCCCCCCOc1cc2c(cc1OCCCCCCCCCCCC)C(N)=NC2=N. The topological polar surface area (TPSA) is 80.7 Å². The number of nitrogens with one attached hydrogen (secondary N) is 1. The van der Waals surface area contributed by atoms with Gasteiger partial charge in [-0.25, -0.2) is 4.99 Å². The van der Waals surface area contributed by atoms with Gasteiger partial charge in [-0.05, 0) is 25.0 Å². The second-order valence-corrected chi connectivity index (χ2v) is 10.8. The lowest BCUT2D eigenvalue weighted by Gasteiger charge is -2.15. The smallest absolute Gasteiger partial charge is 0.161 e. The van der Waals surface area contributed by atoms with E-state index in [1.54, 1.807) is 0 Å². The van der Waals surface area contributed by atoms with Gasteiger partial charge in [0.05, 0.1) is 13.2 Å². The Morgan fingerprint density at radius 1 is 0.568 bits per heavy atom. The summed E-state index contributed by atoms with van der Waals surface area (Å²) in [5, 5.41) is 8.12. The van der Waals surface area contributed by atoms with E-state index in [9.17, 15) is 0 Å². The summed E-state index contributed by atoms with van der Waals surface area (Å²) in [4.78, 5) is 4.13. The molecule has 0 atom stereocenters. The molecular formula is C32H55N3O2. The highest BCUT2D eigenvalue weighted by Crippen LogP contribution is 2.34. The molecule has 5 heteroatoms. The van der Waals surface area contributed by atoms with Crippen LogP contribution in [-0.2, 0) is 0 Å². The highest BCUT2D eigenvalue weighted by molar-refractivity contribution is 6.21. The standard InChI is InChI=1S/C32H55N3O2/c1-3-5-7-9-11-13-15-17-19-21-23-36-29-25-27-28(32(34)35-31(27)33)26-30(29)37-24-22-20-18-16-14-12-10-8-6-4-2/h25-26H,3-24H2,1-2H3,(H3,33,34,35). The maximum atomic E-state index is 8.12. The van der Waals surface area contributed by atoms with Crippen LogP contribution in [0.5, 0.6) is 11.5 Å². The molecule has 3 N–H and O–H groups in total. The minimum Gasteiger partial charge on any atom is -0.490 e. The van der Waals surface area contributed by atoms with Crippen molar-refractivity contribution >= 4 is 11.7 Å². The van der Waals surface area contributed by atoms with Crippen LogP contribution in [0.4, 0.5) is 0 Å². The Morgan fingerprint density at radius 3 is 1.32 bits per heavy atom. The Morgan fingerprint density at radius 2 is 0.919 bits per heavy atom.